The molecule has 6 nitrogen and oxygen atoms in total. The molecule has 1 aromatic heterocycles. The van der Waals surface area contributed by atoms with Gasteiger partial charge in [0, 0.05) is 24.0 Å². The van der Waals surface area contributed by atoms with Crippen molar-refractivity contribution in [1.82, 2.24) is 14.5 Å². The summed E-state index contributed by atoms with van der Waals surface area (Å²) in [6.07, 6.45) is 5.27. The Balaban J connectivity index is 1.54. The van der Waals surface area contributed by atoms with E-state index in [-0.39, 0.29) is 17.6 Å². The van der Waals surface area contributed by atoms with E-state index in [0.29, 0.717) is 25.3 Å². The van der Waals surface area contributed by atoms with Gasteiger partial charge in [0.05, 0.1) is 24.9 Å². The third-order valence-electron chi connectivity index (χ3n) is 5.12. The number of hydrogen-bond acceptors (Lipinski definition) is 3. The first-order chi connectivity index (χ1) is 12.1. The van der Waals surface area contributed by atoms with Gasteiger partial charge in [-0.2, -0.15) is 0 Å². The Morgan fingerprint density at radius 2 is 2.04 bits per heavy atom. The molecule has 132 valence electrons. The molecule has 1 N–H and O–H groups in total. The van der Waals surface area contributed by atoms with Crippen molar-refractivity contribution < 1.29 is 9.53 Å². The number of carbonyl (C=O) groups is 1. The molecule has 1 aliphatic heterocycles. The first-order valence-corrected chi connectivity index (χ1v) is 8.89. The maximum absolute atomic E-state index is 12.9. The molecule has 2 aromatic rings. The summed E-state index contributed by atoms with van der Waals surface area (Å²) in [6, 6.07) is 7.45. The summed E-state index contributed by atoms with van der Waals surface area (Å²) in [6.45, 7) is 3.75. The van der Waals surface area contributed by atoms with Gasteiger partial charge >= 0.3 is 5.69 Å². The fourth-order valence-electron chi connectivity index (χ4n) is 3.55. The zero-order chi connectivity index (χ0) is 17.4. The van der Waals surface area contributed by atoms with E-state index in [2.05, 4.69) is 4.98 Å². The molecule has 0 radical (unpaired) electrons. The number of H-pyrrole nitrogens is 1. The molecule has 1 saturated heterocycles. The zero-order valence-corrected chi connectivity index (χ0v) is 14.4. The van der Waals surface area contributed by atoms with Gasteiger partial charge in [0.2, 0.25) is 0 Å². The summed E-state index contributed by atoms with van der Waals surface area (Å²) in [5, 5.41) is 0. The lowest BCUT2D eigenvalue weighted by atomic mass is 10.1. The average molecular weight is 341 g/mol. The maximum Gasteiger partial charge on any atom is 0.330 e. The number of imidazole rings is 1. The summed E-state index contributed by atoms with van der Waals surface area (Å²) in [5.41, 5.74) is 2.08. The summed E-state index contributed by atoms with van der Waals surface area (Å²) < 4.78 is 7.18. The molecule has 0 spiro atoms. The average Bonchev–Trinajstić information content (AvgIpc) is 3.38. The molecular weight excluding hydrogens is 318 g/mol. The molecule has 2 heterocycles. The topological polar surface area (TPSA) is 67.3 Å². The Hall–Kier alpha value is -2.34. The van der Waals surface area contributed by atoms with Crippen LogP contribution in [0, 0.1) is 12.8 Å². The Kier molecular flexibility index (Phi) is 4.21. The molecule has 25 heavy (non-hydrogen) atoms. The van der Waals surface area contributed by atoms with Crippen LogP contribution in [0.25, 0.3) is 5.69 Å². The lowest BCUT2D eigenvalue weighted by molar-refractivity contribution is -0.00569. The Labute approximate surface area is 146 Å². The van der Waals surface area contributed by atoms with Crippen molar-refractivity contribution in [2.24, 2.45) is 5.92 Å². The molecule has 1 atom stereocenters. The van der Waals surface area contributed by atoms with Crippen LogP contribution in [0.5, 0.6) is 0 Å². The number of benzene rings is 1. The fourth-order valence-corrected chi connectivity index (χ4v) is 3.55. The van der Waals surface area contributed by atoms with E-state index in [0.717, 1.165) is 23.7 Å². The summed E-state index contributed by atoms with van der Waals surface area (Å²) >= 11 is 0. The van der Waals surface area contributed by atoms with E-state index in [1.54, 1.807) is 22.9 Å². The van der Waals surface area contributed by atoms with Crippen molar-refractivity contribution in [2.45, 2.75) is 32.2 Å². The Morgan fingerprint density at radius 3 is 2.68 bits per heavy atom. The number of nitrogens with one attached hydrogen (secondary N) is 1. The van der Waals surface area contributed by atoms with Gasteiger partial charge in [0.1, 0.15) is 0 Å². The summed E-state index contributed by atoms with van der Waals surface area (Å²) in [5.74, 6) is 0.812. The van der Waals surface area contributed by atoms with Gasteiger partial charge in [0.25, 0.3) is 5.91 Å². The minimum atomic E-state index is -0.172. The molecule has 1 aromatic carbocycles. The van der Waals surface area contributed by atoms with Gasteiger partial charge in [-0.3, -0.25) is 9.36 Å². The summed E-state index contributed by atoms with van der Waals surface area (Å²) in [7, 11) is 0. The van der Waals surface area contributed by atoms with E-state index in [1.807, 2.05) is 24.0 Å². The van der Waals surface area contributed by atoms with E-state index in [9.17, 15) is 9.59 Å². The number of aromatic nitrogens is 2. The maximum atomic E-state index is 12.9. The zero-order valence-electron chi connectivity index (χ0n) is 14.4. The predicted octanol–water partition coefficient (Wildman–Crippen LogP) is 2.12. The van der Waals surface area contributed by atoms with Crippen molar-refractivity contribution >= 4 is 5.91 Å². The predicted molar refractivity (Wildman–Crippen MR) is 94.1 cm³/mol. The summed E-state index contributed by atoms with van der Waals surface area (Å²) in [4.78, 5) is 29.5. The van der Waals surface area contributed by atoms with Crippen LogP contribution in [0.15, 0.2) is 35.3 Å². The number of hydrogen-bond donors (Lipinski definition) is 1. The van der Waals surface area contributed by atoms with Crippen molar-refractivity contribution in [2.75, 3.05) is 19.8 Å². The molecule has 2 fully saturated rings. The fraction of sp³-hybridized carbons (Fsp3) is 0.474. The number of ether oxygens (including phenoxy) is 1. The molecule has 1 aliphatic carbocycles. The first-order valence-electron chi connectivity index (χ1n) is 8.89. The largest absolute Gasteiger partial charge is 0.377 e. The number of nitrogens with zero attached hydrogens (tertiary/aromatic N) is 2. The van der Waals surface area contributed by atoms with Crippen LogP contribution in [-0.4, -0.2) is 46.2 Å². The van der Waals surface area contributed by atoms with Gasteiger partial charge in [-0.1, -0.05) is 12.8 Å². The number of carbonyl (C=O) groups excluding carboxylic acids is 1. The molecule has 2 aliphatic rings. The highest BCUT2D eigenvalue weighted by Crippen LogP contribution is 2.35. The molecular formula is C19H23N3O3. The lowest BCUT2D eigenvalue weighted by Crippen LogP contribution is -2.48. The highest BCUT2D eigenvalue weighted by Gasteiger charge is 2.33. The Bertz CT molecular complexity index is 817. The highest BCUT2D eigenvalue weighted by atomic mass is 16.5. The van der Waals surface area contributed by atoms with Gasteiger partial charge in [0.15, 0.2) is 0 Å². The van der Waals surface area contributed by atoms with E-state index in [1.165, 1.54) is 12.8 Å². The van der Waals surface area contributed by atoms with Crippen LogP contribution in [0.2, 0.25) is 0 Å². The first kappa shape index (κ1) is 16.1. The van der Waals surface area contributed by atoms with Crippen molar-refractivity contribution in [3.63, 3.8) is 0 Å². The minimum Gasteiger partial charge on any atom is -0.377 e. The number of aryl methyl sites for hydroxylation is 1. The van der Waals surface area contributed by atoms with Crippen molar-refractivity contribution in [3.8, 4) is 5.69 Å². The van der Waals surface area contributed by atoms with Gasteiger partial charge in [-0.05, 0) is 43.5 Å². The molecule has 1 amide bonds. The highest BCUT2D eigenvalue weighted by molar-refractivity contribution is 5.94. The van der Waals surface area contributed by atoms with Crippen molar-refractivity contribution in [3.05, 3.63) is 52.2 Å². The SMILES string of the molecule is Cc1c[nH]c(=O)n1-c1ccc(C(=O)N2CCOCC2CC2CC2)cc1. The number of rotatable bonds is 4. The third kappa shape index (κ3) is 3.26. The van der Waals surface area contributed by atoms with Gasteiger partial charge in [-0.25, -0.2) is 4.79 Å². The molecule has 0 bridgehead atoms. The van der Waals surface area contributed by atoms with E-state index >= 15 is 0 Å². The Morgan fingerprint density at radius 1 is 1.28 bits per heavy atom. The van der Waals surface area contributed by atoms with Crippen LogP contribution >= 0.6 is 0 Å². The standard InChI is InChI=1S/C19H23N3O3/c1-13-11-20-19(24)22(13)16-6-4-15(5-7-16)18(23)21-8-9-25-12-17(21)10-14-2-3-14/h4-7,11,14,17H,2-3,8-10,12H2,1H3,(H,20,24). The smallest absolute Gasteiger partial charge is 0.330 e. The van der Waals surface area contributed by atoms with Crippen molar-refractivity contribution in [1.29, 1.82) is 0 Å². The number of amides is 1. The number of morpholine rings is 1. The molecule has 1 unspecified atom stereocenters. The molecule has 4 rings (SSSR count). The van der Waals surface area contributed by atoms with Crippen LogP contribution in [-0.2, 0) is 4.74 Å². The second kappa shape index (κ2) is 6.52. The molecule has 1 saturated carbocycles. The normalized spacial score (nSPS) is 20.7. The van der Waals surface area contributed by atoms with E-state index in [4.69, 9.17) is 4.74 Å². The van der Waals surface area contributed by atoms with Crippen LogP contribution < -0.4 is 5.69 Å². The minimum absolute atomic E-state index is 0.0543. The third-order valence-corrected chi connectivity index (χ3v) is 5.12. The van der Waals surface area contributed by atoms with Crippen LogP contribution in [0.3, 0.4) is 0 Å². The monoisotopic (exact) mass is 341 g/mol. The van der Waals surface area contributed by atoms with E-state index < -0.39 is 0 Å². The number of aromatic amines is 1. The van der Waals surface area contributed by atoms with Crippen LogP contribution in [0.1, 0.15) is 35.3 Å². The lowest BCUT2D eigenvalue weighted by Gasteiger charge is -2.36. The van der Waals surface area contributed by atoms with Gasteiger partial charge < -0.3 is 14.6 Å². The quantitative estimate of drug-likeness (QED) is 0.926. The molecule has 6 heteroatoms. The van der Waals surface area contributed by atoms with Gasteiger partial charge in [-0.15, -0.1) is 0 Å². The second-order valence-electron chi connectivity index (χ2n) is 7.02. The van der Waals surface area contributed by atoms with Crippen LogP contribution in [0.4, 0.5) is 0 Å². The second-order valence-corrected chi connectivity index (χ2v) is 7.02.